The van der Waals surface area contributed by atoms with Crippen LogP contribution in [0.15, 0.2) is 30.5 Å². The van der Waals surface area contributed by atoms with Crippen LogP contribution in [0.4, 0.5) is 10.2 Å². The van der Waals surface area contributed by atoms with E-state index in [4.69, 9.17) is 23.8 Å². The summed E-state index contributed by atoms with van der Waals surface area (Å²) in [6.45, 7) is 4.07. The number of carbonyl (C=O) groups is 1. The molecule has 11 nitrogen and oxygen atoms in total. The molecule has 2 saturated heterocycles. The summed E-state index contributed by atoms with van der Waals surface area (Å²) < 4.78 is 32.9. The Labute approximate surface area is 247 Å². The lowest BCUT2D eigenvalue weighted by Gasteiger charge is -2.53. The maximum absolute atomic E-state index is 15.0. The molecule has 5 aliphatic rings. The molecule has 226 valence electrons. The molecule has 3 aromatic heterocycles. The number of carbonyl (C=O) groups excluding carboxylic acids is 3. The van der Waals surface area contributed by atoms with Crippen molar-refractivity contribution in [2.24, 2.45) is 11.8 Å². The normalized spacial score (nSPS) is 26.8. The summed E-state index contributed by atoms with van der Waals surface area (Å²) >= 11 is 0. The summed E-state index contributed by atoms with van der Waals surface area (Å²) in [7, 11) is 0. The van der Waals surface area contributed by atoms with E-state index in [0.29, 0.717) is 72.1 Å². The Morgan fingerprint density at radius 1 is 1.16 bits per heavy atom. The zero-order valence-corrected chi connectivity index (χ0v) is 24.0. The van der Waals surface area contributed by atoms with E-state index in [1.807, 2.05) is 24.3 Å². The van der Waals surface area contributed by atoms with Crippen LogP contribution in [0.2, 0.25) is 0 Å². The van der Waals surface area contributed by atoms with Crippen molar-refractivity contribution in [1.29, 1.82) is 0 Å². The predicted octanol–water partition coefficient (Wildman–Crippen LogP) is 3.75. The fraction of sp³-hybridized carbons (Fsp3) is 0.516. The van der Waals surface area contributed by atoms with E-state index < -0.39 is 0 Å². The lowest BCUT2D eigenvalue weighted by Crippen LogP contribution is -2.61. The van der Waals surface area contributed by atoms with Crippen LogP contribution in [0.3, 0.4) is 0 Å². The second-order valence-electron chi connectivity index (χ2n) is 12.1. The summed E-state index contributed by atoms with van der Waals surface area (Å²) in [5.74, 6) is 2.36. The molecule has 0 spiro atoms. The third-order valence-corrected chi connectivity index (χ3v) is 9.24. The number of nitrogens with zero attached hydrogens (tertiary/aromatic N) is 3. The molecule has 0 radical (unpaired) electrons. The van der Waals surface area contributed by atoms with Crippen molar-refractivity contribution in [3.8, 4) is 11.6 Å². The summed E-state index contributed by atoms with van der Waals surface area (Å²) in [5.41, 5.74) is 2.32. The van der Waals surface area contributed by atoms with Gasteiger partial charge >= 0.3 is 6.15 Å². The average molecular weight is 592 g/mol. The van der Waals surface area contributed by atoms with Crippen molar-refractivity contribution in [2.45, 2.75) is 69.6 Å². The molecule has 3 aliphatic heterocycles. The highest BCUT2D eigenvalue weighted by atomic mass is 19.1. The van der Waals surface area contributed by atoms with Gasteiger partial charge in [0.1, 0.15) is 5.82 Å². The molecule has 2 N–H and O–H groups in total. The van der Waals surface area contributed by atoms with E-state index in [1.165, 1.54) is 12.6 Å². The van der Waals surface area contributed by atoms with Gasteiger partial charge in [0.05, 0.1) is 41.7 Å². The van der Waals surface area contributed by atoms with Crippen LogP contribution in [0, 0.1) is 17.7 Å². The number of aryl methyl sites for hydroxylation is 1. The number of hydrogen-bond acceptors (Lipinski definition) is 10. The van der Waals surface area contributed by atoms with E-state index in [2.05, 4.69) is 32.5 Å². The van der Waals surface area contributed by atoms with Gasteiger partial charge in [-0.3, -0.25) is 9.78 Å². The molecule has 2 atom stereocenters. The second-order valence-corrected chi connectivity index (χ2v) is 12.1. The van der Waals surface area contributed by atoms with Crippen LogP contribution in [0.5, 0.6) is 11.6 Å². The molecule has 6 heterocycles. The van der Waals surface area contributed by atoms with E-state index in [-0.39, 0.29) is 35.6 Å². The zero-order chi connectivity index (χ0) is 30.0. The molecular formula is C31H34FN5O6. The van der Waals surface area contributed by atoms with Crippen LogP contribution >= 0.6 is 0 Å². The number of hydrogen-bond donors (Lipinski definition) is 2. The molecule has 2 saturated carbocycles. The molecule has 1 amide bonds. The van der Waals surface area contributed by atoms with Crippen molar-refractivity contribution in [3.05, 3.63) is 47.5 Å². The zero-order valence-electron chi connectivity index (χ0n) is 24.0. The molecule has 2 unspecified atom stereocenters. The molecule has 12 heteroatoms. The highest BCUT2D eigenvalue weighted by Gasteiger charge is 2.49. The van der Waals surface area contributed by atoms with Gasteiger partial charge in [-0.05, 0) is 75.0 Å². The first-order valence-electron chi connectivity index (χ1n) is 14.7. The first kappa shape index (κ1) is 29.1. The second kappa shape index (κ2) is 11.9. The van der Waals surface area contributed by atoms with Gasteiger partial charge in [0.25, 0.3) is 5.91 Å². The Morgan fingerprint density at radius 2 is 1.95 bits per heavy atom. The number of rotatable bonds is 9. The third-order valence-electron chi connectivity index (χ3n) is 9.24. The summed E-state index contributed by atoms with van der Waals surface area (Å²) in [4.78, 5) is 41.4. The first-order chi connectivity index (χ1) is 20.8. The van der Waals surface area contributed by atoms with Crippen molar-refractivity contribution in [2.75, 3.05) is 25.1 Å². The van der Waals surface area contributed by atoms with Crippen molar-refractivity contribution in [1.82, 2.24) is 20.3 Å². The van der Waals surface area contributed by atoms with Crippen LogP contribution in [-0.4, -0.2) is 58.0 Å². The molecule has 2 bridgehead atoms. The Balaban J connectivity index is 0.00000105. The van der Waals surface area contributed by atoms with Crippen molar-refractivity contribution in [3.63, 3.8) is 0 Å². The fourth-order valence-corrected chi connectivity index (χ4v) is 6.27. The van der Waals surface area contributed by atoms with Gasteiger partial charge in [-0.25, -0.2) is 14.4 Å². The number of aromatic nitrogens is 3. The number of nitrogens with one attached hydrogen (secondary N) is 2. The minimum Gasteiger partial charge on any atom is -0.480 e. The summed E-state index contributed by atoms with van der Waals surface area (Å²) in [6.07, 6.45) is 7.79. The Kier molecular flexibility index (Phi) is 8.09. The largest absolute Gasteiger partial charge is 0.480 e. The van der Waals surface area contributed by atoms with Gasteiger partial charge in [-0.2, -0.15) is 9.59 Å². The Hall–Kier alpha value is -3.99. The SMILES string of the molecule is CC1CC1COc1ccc2ncc(F)c(CCC34CCC(NCc5ccc6c(n5)NC(=O)CO6)(CC3)CO4)c2n1.O=C=O. The van der Waals surface area contributed by atoms with E-state index in [1.54, 1.807) is 0 Å². The summed E-state index contributed by atoms with van der Waals surface area (Å²) in [6, 6.07) is 7.45. The van der Waals surface area contributed by atoms with Gasteiger partial charge in [-0.15, -0.1) is 0 Å². The van der Waals surface area contributed by atoms with Crippen LogP contribution in [0.1, 0.15) is 56.7 Å². The minimum atomic E-state index is -0.328. The van der Waals surface area contributed by atoms with Gasteiger partial charge < -0.3 is 24.8 Å². The van der Waals surface area contributed by atoms with Gasteiger partial charge in [0.2, 0.25) is 5.88 Å². The molecule has 43 heavy (non-hydrogen) atoms. The highest BCUT2D eigenvalue weighted by Crippen LogP contribution is 2.46. The lowest BCUT2D eigenvalue weighted by molar-refractivity contribution is -0.191. The van der Waals surface area contributed by atoms with Crippen LogP contribution in [-0.2, 0) is 32.1 Å². The lowest BCUT2D eigenvalue weighted by atomic mass is 9.69. The fourth-order valence-electron chi connectivity index (χ4n) is 6.27. The summed E-state index contributed by atoms with van der Waals surface area (Å²) in [5, 5.41) is 6.45. The maximum Gasteiger partial charge on any atom is 0.373 e. The Morgan fingerprint density at radius 3 is 2.67 bits per heavy atom. The van der Waals surface area contributed by atoms with Crippen molar-refractivity contribution < 1.29 is 33.0 Å². The van der Waals surface area contributed by atoms with Crippen LogP contribution in [0.25, 0.3) is 11.0 Å². The Bertz CT molecular complexity index is 1540. The molecule has 2 aliphatic carbocycles. The number of halogens is 1. The topological polar surface area (TPSA) is 142 Å². The number of fused-ring (bicyclic) bond motifs is 5. The number of anilines is 1. The minimum absolute atomic E-state index is 0.0181. The third kappa shape index (κ3) is 6.36. The van der Waals surface area contributed by atoms with E-state index >= 15 is 4.39 Å². The van der Waals surface area contributed by atoms with Gasteiger partial charge in [-0.1, -0.05) is 6.92 Å². The van der Waals surface area contributed by atoms with E-state index in [0.717, 1.165) is 37.8 Å². The van der Waals surface area contributed by atoms with Gasteiger partial charge in [0, 0.05) is 23.7 Å². The van der Waals surface area contributed by atoms with Crippen molar-refractivity contribution >= 4 is 28.9 Å². The first-order valence-corrected chi connectivity index (χ1v) is 14.7. The molecule has 8 rings (SSSR count). The van der Waals surface area contributed by atoms with Gasteiger partial charge in [0.15, 0.2) is 18.2 Å². The molecule has 4 fully saturated rings. The monoisotopic (exact) mass is 591 g/mol. The number of amides is 1. The average Bonchev–Trinajstić information content (AvgIpc) is 3.74. The predicted molar refractivity (Wildman–Crippen MR) is 151 cm³/mol. The highest BCUT2D eigenvalue weighted by molar-refractivity contribution is 5.94. The standard InChI is InChI=1S/C30H34FN5O4.CO2/c1-18-12-19(18)15-39-26-5-3-23-27(36-26)21(22(31)14-32-23)6-7-30-10-8-29(9-11-30,17-40-30)33-13-20-2-4-24-28(34-20)35-25(37)16-38-24;2-1-3/h2-5,14,18-19,33H,6-13,15-17H2,1H3,(H,34,35,37);. The molecular weight excluding hydrogens is 557 g/mol. The number of ether oxygens (including phenoxy) is 3. The molecule has 0 aromatic carbocycles. The maximum atomic E-state index is 15.0. The smallest absolute Gasteiger partial charge is 0.373 e. The van der Waals surface area contributed by atoms with E-state index in [9.17, 15) is 4.79 Å². The number of pyridine rings is 3. The van der Waals surface area contributed by atoms with Crippen LogP contribution < -0.4 is 20.1 Å². The quantitative estimate of drug-likeness (QED) is 0.378. The molecule has 3 aromatic rings.